The van der Waals surface area contributed by atoms with Crippen molar-refractivity contribution in [1.29, 1.82) is 10.5 Å². The minimum atomic E-state index is -0.791. The summed E-state index contributed by atoms with van der Waals surface area (Å²) in [5.41, 5.74) is 1.50. The van der Waals surface area contributed by atoms with Gasteiger partial charge in [0, 0.05) is 17.3 Å². The molecule has 0 amide bonds. The summed E-state index contributed by atoms with van der Waals surface area (Å²) in [6.07, 6.45) is 1.50. The molecule has 0 spiro atoms. The van der Waals surface area contributed by atoms with E-state index in [1.54, 1.807) is 19.1 Å². The maximum atomic E-state index is 13.7. The predicted molar refractivity (Wildman–Crippen MR) is 145 cm³/mol. The molecule has 38 heavy (non-hydrogen) atoms. The van der Waals surface area contributed by atoms with Crippen LogP contribution >= 0.6 is 0 Å². The fourth-order valence-electron chi connectivity index (χ4n) is 4.02. The van der Waals surface area contributed by atoms with Crippen LogP contribution in [0, 0.1) is 22.7 Å². The van der Waals surface area contributed by atoms with Crippen LogP contribution in [0.5, 0.6) is 5.75 Å². The lowest BCUT2D eigenvalue weighted by Crippen LogP contribution is -2.23. The molecule has 0 radical (unpaired) electrons. The number of nitrogens with zero attached hydrogens (tertiary/aromatic N) is 6. The lowest BCUT2D eigenvalue weighted by atomic mass is 9.96. The average molecular weight is 498 g/mol. The van der Waals surface area contributed by atoms with Crippen LogP contribution in [0.2, 0.25) is 0 Å². The Bertz CT molecular complexity index is 1850. The summed E-state index contributed by atoms with van der Waals surface area (Å²) in [7, 11) is 0. The zero-order valence-electron chi connectivity index (χ0n) is 20.1. The van der Waals surface area contributed by atoms with E-state index >= 15 is 0 Å². The molecule has 9 nitrogen and oxygen atoms in total. The topological polar surface area (TPSA) is 143 Å². The van der Waals surface area contributed by atoms with Gasteiger partial charge < -0.3 is 10.1 Å². The number of nitriles is 2. The second-order valence-corrected chi connectivity index (χ2v) is 8.26. The average Bonchev–Trinajstić information content (AvgIpc) is 3.38. The Balaban J connectivity index is 1.81. The van der Waals surface area contributed by atoms with Gasteiger partial charge in [0.25, 0.3) is 5.56 Å². The van der Waals surface area contributed by atoms with Crippen molar-refractivity contribution in [2.24, 2.45) is 10.1 Å². The van der Waals surface area contributed by atoms with E-state index in [-0.39, 0.29) is 33.8 Å². The van der Waals surface area contributed by atoms with Gasteiger partial charge in [0.15, 0.2) is 11.6 Å². The quantitative estimate of drug-likeness (QED) is 0.333. The Morgan fingerprint density at radius 1 is 0.974 bits per heavy atom. The number of pyridine rings is 1. The Kier molecular flexibility index (Phi) is 6.33. The van der Waals surface area contributed by atoms with Crippen molar-refractivity contribution < 1.29 is 5.11 Å². The highest BCUT2D eigenvalue weighted by Crippen LogP contribution is 2.36. The predicted octanol–water partition coefficient (Wildman–Crippen LogP) is 4.86. The summed E-state index contributed by atoms with van der Waals surface area (Å²) in [6.45, 7) is 1.66. The highest BCUT2D eigenvalue weighted by Gasteiger charge is 2.25. The fraction of sp³-hybridized carbons (Fsp3) is 0.0345. The molecule has 0 fully saturated rings. The zero-order chi connectivity index (χ0) is 26.6. The summed E-state index contributed by atoms with van der Waals surface area (Å²) in [4.78, 5) is 25.8. The van der Waals surface area contributed by atoms with E-state index in [0.29, 0.717) is 11.5 Å². The number of hydrogen-bond acceptors (Lipinski definition) is 7. The third kappa shape index (κ3) is 4.32. The molecular formula is C29H19N7O2. The molecule has 5 rings (SSSR count). The summed E-state index contributed by atoms with van der Waals surface area (Å²) in [5.74, 6) is 0.143. The van der Waals surface area contributed by atoms with Gasteiger partial charge in [-0.25, -0.2) is 9.98 Å². The normalized spacial score (nSPS) is 11.5. The van der Waals surface area contributed by atoms with Crippen LogP contribution in [0.4, 0.5) is 5.82 Å². The second kappa shape index (κ2) is 10.1. The van der Waals surface area contributed by atoms with Crippen LogP contribution in [-0.2, 0) is 0 Å². The number of aromatic hydroxyl groups is 1. The van der Waals surface area contributed by atoms with Crippen LogP contribution in [0.3, 0.4) is 0 Å². The third-order valence-electron chi connectivity index (χ3n) is 5.85. The number of phenols is 1. The van der Waals surface area contributed by atoms with E-state index in [0.717, 1.165) is 21.3 Å². The lowest BCUT2D eigenvalue weighted by Gasteiger charge is -2.14. The van der Waals surface area contributed by atoms with Crippen molar-refractivity contribution in [3.63, 3.8) is 0 Å². The van der Waals surface area contributed by atoms with Gasteiger partial charge in [-0.2, -0.15) is 20.3 Å². The summed E-state index contributed by atoms with van der Waals surface area (Å²) in [5, 5.41) is 35.2. The molecule has 2 heterocycles. The van der Waals surface area contributed by atoms with Gasteiger partial charge in [-0.1, -0.05) is 60.7 Å². The lowest BCUT2D eigenvalue weighted by molar-refractivity contribution is 0.477. The van der Waals surface area contributed by atoms with E-state index in [1.807, 2.05) is 60.7 Å². The SMILES string of the molecule is C/C(=N\n1c(N=Cc2ccccc2)c(C#N)c(-c2ccccc2O)c(C#N)c1=O)c1nc2ccccc2[nH]1. The molecular weight excluding hydrogens is 478 g/mol. The molecule has 0 aliphatic rings. The first-order valence-corrected chi connectivity index (χ1v) is 11.5. The van der Waals surface area contributed by atoms with Crippen LogP contribution in [-0.4, -0.2) is 31.7 Å². The molecule has 5 aromatic rings. The van der Waals surface area contributed by atoms with Crippen LogP contribution in [0.25, 0.3) is 22.2 Å². The molecule has 9 heteroatoms. The van der Waals surface area contributed by atoms with Gasteiger partial charge >= 0.3 is 0 Å². The number of hydrogen-bond donors (Lipinski definition) is 2. The Morgan fingerprint density at radius 3 is 2.37 bits per heavy atom. The number of para-hydroxylation sites is 3. The first-order chi connectivity index (χ1) is 18.5. The summed E-state index contributed by atoms with van der Waals surface area (Å²) < 4.78 is 0.933. The maximum absolute atomic E-state index is 13.7. The van der Waals surface area contributed by atoms with Crippen LogP contribution in [0.1, 0.15) is 29.4 Å². The smallest absolute Gasteiger partial charge is 0.291 e. The molecule has 0 saturated carbocycles. The number of H-pyrrole nitrogens is 1. The number of fused-ring (bicyclic) bond motifs is 1. The molecule has 0 unspecified atom stereocenters. The molecule has 2 aromatic heterocycles. The molecule has 0 atom stereocenters. The second-order valence-electron chi connectivity index (χ2n) is 8.26. The standard InChI is InChI=1S/C29H19N7O2/c1-18(27-33-23-12-6-7-13-24(23)34-27)35-36-28(32-17-19-9-3-2-4-10-19)21(15-30)26(22(16-31)29(36)38)20-11-5-8-14-25(20)37/h2-14,17,37H,1H3,(H,33,34)/b32-17?,35-18+. The van der Waals surface area contributed by atoms with Crippen LogP contribution < -0.4 is 5.56 Å². The van der Waals surface area contributed by atoms with Gasteiger partial charge in [0.1, 0.15) is 34.7 Å². The summed E-state index contributed by atoms with van der Waals surface area (Å²) in [6, 6.07) is 26.7. The number of phenolic OH excluding ortho intramolecular Hbond substituents is 1. The Hall–Kier alpha value is -5.80. The van der Waals surface area contributed by atoms with Crippen molar-refractivity contribution in [3.8, 4) is 29.0 Å². The highest BCUT2D eigenvalue weighted by molar-refractivity contribution is 5.98. The van der Waals surface area contributed by atoms with Gasteiger partial charge in [-0.05, 0) is 30.7 Å². The Morgan fingerprint density at radius 2 is 1.66 bits per heavy atom. The van der Waals surface area contributed by atoms with Crippen molar-refractivity contribution in [3.05, 3.63) is 112 Å². The van der Waals surface area contributed by atoms with Gasteiger partial charge in [0.05, 0.1) is 11.0 Å². The number of nitrogens with one attached hydrogen (secondary N) is 1. The number of aromatic nitrogens is 3. The van der Waals surface area contributed by atoms with Crippen LogP contribution in [0.15, 0.2) is 93.8 Å². The van der Waals surface area contributed by atoms with E-state index in [9.17, 15) is 20.4 Å². The minimum Gasteiger partial charge on any atom is -0.507 e. The number of imidazole rings is 1. The monoisotopic (exact) mass is 497 g/mol. The zero-order valence-corrected chi connectivity index (χ0v) is 20.1. The molecule has 3 aromatic carbocycles. The molecule has 0 saturated heterocycles. The molecule has 182 valence electrons. The largest absolute Gasteiger partial charge is 0.507 e. The first-order valence-electron chi connectivity index (χ1n) is 11.5. The van der Waals surface area contributed by atoms with Gasteiger partial charge in [-0.15, -0.1) is 0 Å². The van der Waals surface area contributed by atoms with E-state index in [2.05, 4.69) is 26.1 Å². The van der Waals surface area contributed by atoms with Crippen molar-refractivity contribution in [2.45, 2.75) is 6.92 Å². The first kappa shape index (κ1) is 23.9. The van der Waals surface area contributed by atoms with Crippen molar-refractivity contribution in [1.82, 2.24) is 14.6 Å². The molecule has 0 aliphatic heterocycles. The summed E-state index contributed by atoms with van der Waals surface area (Å²) >= 11 is 0. The van der Waals surface area contributed by atoms with Gasteiger partial charge in [-0.3, -0.25) is 4.79 Å². The fourth-order valence-corrected chi connectivity index (χ4v) is 4.02. The maximum Gasteiger partial charge on any atom is 0.291 e. The van der Waals surface area contributed by atoms with Crippen molar-refractivity contribution in [2.75, 3.05) is 0 Å². The molecule has 2 N–H and O–H groups in total. The number of aliphatic imine (C=N–C) groups is 1. The third-order valence-corrected chi connectivity index (χ3v) is 5.85. The minimum absolute atomic E-state index is 0.00819. The number of rotatable bonds is 5. The number of aromatic amines is 1. The number of benzene rings is 3. The van der Waals surface area contributed by atoms with E-state index in [1.165, 1.54) is 18.3 Å². The van der Waals surface area contributed by atoms with E-state index in [4.69, 9.17) is 0 Å². The Labute approximate surface area is 216 Å². The van der Waals surface area contributed by atoms with Crippen molar-refractivity contribution >= 4 is 28.8 Å². The molecule has 0 aliphatic carbocycles. The van der Waals surface area contributed by atoms with Gasteiger partial charge in [0.2, 0.25) is 0 Å². The van der Waals surface area contributed by atoms with E-state index < -0.39 is 5.56 Å². The highest BCUT2D eigenvalue weighted by atomic mass is 16.3. The molecule has 0 bridgehead atoms.